The van der Waals surface area contributed by atoms with Gasteiger partial charge in [0.1, 0.15) is 11.9 Å². The third-order valence-corrected chi connectivity index (χ3v) is 4.77. The van der Waals surface area contributed by atoms with E-state index in [-0.39, 0.29) is 0 Å². The van der Waals surface area contributed by atoms with Crippen LogP contribution in [-0.4, -0.2) is 22.9 Å². The summed E-state index contributed by atoms with van der Waals surface area (Å²) in [5, 5.41) is 20.1. The smallest absolute Gasteiger partial charge is 0.184 e. The molecule has 3 aromatic carbocycles. The summed E-state index contributed by atoms with van der Waals surface area (Å²) in [5.41, 5.74) is 2.67. The Morgan fingerprint density at radius 3 is 1.39 bits per heavy atom. The van der Waals surface area contributed by atoms with Gasteiger partial charge in [-0.15, -0.1) is 0 Å². The van der Waals surface area contributed by atoms with Crippen LogP contribution in [0.25, 0.3) is 0 Å². The molecule has 0 aliphatic rings. The molecule has 0 radical (unpaired) electrons. The molecule has 0 spiro atoms. The maximum absolute atomic E-state index is 10.5. The van der Waals surface area contributed by atoms with Gasteiger partial charge in [0.25, 0.3) is 0 Å². The molecule has 28 heavy (non-hydrogen) atoms. The Bertz CT molecular complexity index is 802. The molecule has 3 rings (SSSR count). The summed E-state index contributed by atoms with van der Waals surface area (Å²) >= 11 is 0. The lowest BCUT2D eigenvalue weighted by Crippen LogP contribution is -2.35. The van der Waals surface area contributed by atoms with Crippen molar-refractivity contribution in [3.8, 4) is 0 Å². The molecule has 0 heterocycles. The van der Waals surface area contributed by atoms with Crippen molar-refractivity contribution >= 4 is 0 Å². The van der Waals surface area contributed by atoms with E-state index in [0.717, 1.165) is 22.3 Å². The normalized spacial score (nSPS) is 12.3. The van der Waals surface area contributed by atoms with Crippen LogP contribution in [0.2, 0.25) is 0 Å². The second-order valence-electron chi connectivity index (χ2n) is 6.94. The Kier molecular flexibility index (Phi) is 6.30. The molecule has 0 aromatic heterocycles. The van der Waals surface area contributed by atoms with Crippen molar-refractivity contribution in [2.24, 2.45) is 0 Å². The van der Waals surface area contributed by atoms with Crippen LogP contribution < -0.4 is 0 Å². The van der Waals surface area contributed by atoms with Gasteiger partial charge in [0.05, 0.1) is 6.61 Å². The first kappa shape index (κ1) is 19.9. The summed E-state index contributed by atoms with van der Waals surface area (Å²) in [5.74, 6) is 0.374. The second-order valence-corrected chi connectivity index (χ2v) is 6.94. The summed E-state index contributed by atoms with van der Waals surface area (Å²) in [6, 6.07) is 29.9. The van der Waals surface area contributed by atoms with Crippen LogP contribution in [0.1, 0.15) is 30.5 Å². The van der Waals surface area contributed by atoms with Gasteiger partial charge in [-0.1, -0.05) is 91.0 Å². The van der Waals surface area contributed by atoms with Crippen molar-refractivity contribution in [1.82, 2.24) is 0 Å². The Hall–Kier alpha value is -2.88. The molecule has 2 N–H and O–H groups in total. The van der Waals surface area contributed by atoms with Crippen LogP contribution in [0.5, 0.6) is 0 Å². The predicted octanol–water partition coefficient (Wildman–Crippen LogP) is 4.64. The van der Waals surface area contributed by atoms with Crippen molar-refractivity contribution in [1.29, 1.82) is 0 Å². The van der Waals surface area contributed by atoms with Gasteiger partial charge < -0.3 is 14.9 Å². The Labute approximate surface area is 166 Å². The molecular weight excluding hydrogens is 348 g/mol. The fourth-order valence-corrected chi connectivity index (χ4v) is 3.45. The average molecular weight is 374 g/mol. The van der Waals surface area contributed by atoms with Crippen LogP contribution in [0.15, 0.2) is 102 Å². The molecule has 0 aliphatic heterocycles. The lowest BCUT2D eigenvalue weighted by molar-refractivity contribution is 0.00138. The number of hydrogen-bond donors (Lipinski definition) is 2. The summed E-state index contributed by atoms with van der Waals surface area (Å²) in [7, 11) is 0. The molecule has 0 amide bonds. The highest BCUT2D eigenvalue weighted by Gasteiger charge is 2.40. The molecule has 3 nitrogen and oxygen atoms in total. The van der Waals surface area contributed by atoms with E-state index in [9.17, 15) is 10.2 Å². The van der Waals surface area contributed by atoms with E-state index in [0.29, 0.717) is 5.76 Å². The summed E-state index contributed by atoms with van der Waals surface area (Å²) in [4.78, 5) is 0. The minimum Gasteiger partial charge on any atom is -0.475 e. The zero-order valence-electron chi connectivity index (χ0n) is 16.2. The maximum Gasteiger partial charge on any atom is 0.184 e. The third-order valence-electron chi connectivity index (χ3n) is 4.77. The Morgan fingerprint density at radius 2 is 1.11 bits per heavy atom. The lowest BCUT2D eigenvalue weighted by atomic mass is 9.80. The predicted molar refractivity (Wildman–Crippen MR) is 112 cm³/mol. The Balaban J connectivity index is 2.33. The van der Waals surface area contributed by atoms with Gasteiger partial charge in [-0.3, -0.25) is 0 Å². The maximum atomic E-state index is 10.5. The van der Waals surface area contributed by atoms with Crippen LogP contribution in [0, 0.1) is 0 Å². The quantitative estimate of drug-likeness (QED) is 0.468. The van der Waals surface area contributed by atoms with Gasteiger partial charge in [-0.25, -0.2) is 0 Å². The molecule has 3 heteroatoms. The van der Waals surface area contributed by atoms with E-state index in [4.69, 9.17) is 4.74 Å². The summed E-state index contributed by atoms with van der Waals surface area (Å²) in [6.45, 7) is 3.34. The highest BCUT2D eigenvalue weighted by molar-refractivity contribution is 5.48. The van der Waals surface area contributed by atoms with E-state index in [1.165, 1.54) is 0 Å². The molecule has 0 bridgehead atoms. The van der Waals surface area contributed by atoms with Crippen molar-refractivity contribution in [3.05, 3.63) is 119 Å². The molecule has 0 saturated heterocycles. The van der Waals surface area contributed by atoms with Crippen LogP contribution in [0.4, 0.5) is 0 Å². The van der Waals surface area contributed by atoms with Gasteiger partial charge in [-0.2, -0.15) is 0 Å². The van der Waals surface area contributed by atoms with Crippen molar-refractivity contribution in [2.75, 3.05) is 6.61 Å². The van der Waals surface area contributed by atoms with E-state index >= 15 is 0 Å². The number of benzene rings is 3. The molecule has 0 fully saturated rings. The average Bonchev–Trinajstić information content (AvgIpc) is 2.76. The van der Waals surface area contributed by atoms with Crippen LogP contribution >= 0.6 is 0 Å². The lowest BCUT2D eigenvalue weighted by Gasteiger charge is -2.38. The van der Waals surface area contributed by atoms with E-state index in [2.05, 4.69) is 0 Å². The fraction of sp³-hybridized carbons (Fsp3) is 0.200. The first-order valence-electron chi connectivity index (χ1n) is 9.41. The minimum absolute atomic E-state index is 0.374. The molecule has 1 unspecified atom stereocenters. The van der Waals surface area contributed by atoms with E-state index in [1.54, 1.807) is 0 Å². The number of rotatable bonds is 7. The van der Waals surface area contributed by atoms with Crippen LogP contribution in [0.3, 0.4) is 0 Å². The van der Waals surface area contributed by atoms with Gasteiger partial charge in [0.2, 0.25) is 0 Å². The third kappa shape index (κ3) is 3.86. The first-order valence-corrected chi connectivity index (χ1v) is 9.41. The first-order chi connectivity index (χ1) is 13.6. The standard InChI is InChI=1S/C25H26O3/c1-19(2)24(23(27)18-26)28-25(20-12-6-3-7-13-20,21-14-8-4-9-15-21)22-16-10-5-11-17-22/h3-17,23,26-27H,18H2,1-2H3. The number of ether oxygens (including phenoxy) is 1. The molecule has 1 atom stereocenters. The molecule has 3 aromatic rings. The summed E-state index contributed by atoms with van der Waals surface area (Å²) < 4.78 is 6.68. The van der Waals surface area contributed by atoms with Gasteiger partial charge in [0.15, 0.2) is 5.60 Å². The highest BCUT2D eigenvalue weighted by atomic mass is 16.5. The van der Waals surface area contributed by atoms with Crippen molar-refractivity contribution < 1.29 is 14.9 Å². The van der Waals surface area contributed by atoms with E-state index < -0.39 is 18.3 Å². The fourth-order valence-electron chi connectivity index (χ4n) is 3.45. The Morgan fingerprint density at radius 1 is 0.750 bits per heavy atom. The molecular formula is C25H26O3. The largest absolute Gasteiger partial charge is 0.475 e. The topological polar surface area (TPSA) is 49.7 Å². The van der Waals surface area contributed by atoms with Crippen molar-refractivity contribution in [2.45, 2.75) is 25.6 Å². The van der Waals surface area contributed by atoms with Gasteiger partial charge in [-0.05, 0) is 19.4 Å². The monoisotopic (exact) mass is 374 g/mol. The SMILES string of the molecule is CC(C)=C(OC(c1ccccc1)(c1ccccc1)c1ccccc1)C(O)CO. The van der Waals surface area contributed by atoms with Crippen molar-refractivity contribution in [3.63, 3.8) is 0 Å². The van der Waals surface area contributed by atoms with Gasteiger partial charge in [0, 0.05) is 16.7 Å². The zero-order chi connectivity index (χ0) is 20.0. The number of aliphatic hydroxyl groups is 2. The number of aliphatic hydroxyl groups excluding tert-OH is 2. The summed E-state index contributed by atoms with van der Waals surface area (Å²) in [6.07, 6.45) is -1.10. The zero-order valence-corrected chi connectivity index (χ0v) is 16.2. The van der Waals surface area contributed by atoms with Crippen LogP contribution in [-0.2, 0) is 10.3 Å². The van der Waals surface area contributed by atoms with Gasteiger partial charge >= 0.3 is 0 Å². The highest BCUT2D eigenvalue weighted by Crippen LogP contribution is 2.42. The number of allylic oxidation sites excluding steroid dienone is 1. The van der Waals surface area contributed by atoms with E-state index in [1.807, 2.05) is 105 Å². The second kappa shape index (κ2) is 8.87. The molecule has 0 saturated carbocycles. The number of hydrogen-bond acceptors (Lipinski definition) is 3. The minimum atomic E-state index is -1.10. The molecule has 0 aliphatic carbocycles. The molecule has 144 valence electrons.